The normalized spacial score (nSPS) is 15.3. The molecule has 7 nitrogen and oxygen atoms in total. The molecule has 0 radical (unpaired) electrons. The highest BCUT2D eigenvalue weighted by atomic mass is 16.5. The molecule has 2 amide bonds. The van der Waals surface area contributed by atoms with Gasteiger partial charge in [0, 0.05) is 11.1 Å². The van der Waals surface area contributed by atoms with Crippen molar-refractivity contribution in [3.05, 3.63) is 59.2 Å². The largest absolute Gasteiger partial charge is 0.493 e. The van der Waals surface area contributed by atoms with Gasteiger partial charge in [-0.05, 0) is 44.2 Å². The first-order valence-corrected chi connectivity index (χ1v) is 10.6. The second kappa shape index (κ2) is 10.3. The third-order valence-electron chi connectivity index (χ3n) is 5.68. The maximum Gasteiger partial charge on any atom is 0.251 e. The Morgan fingerprint density at radius 2 is 1.77 bits per heavy atom. The monoisotopic (exact) mass is 426 g/mol. The number of nitrogens with one attached hydrogen (secondary N) is 2. The van der Waals surface area contributed by atoms with Crippen LogP contribution in [-0.2, 0) is 11.3 Å². The van der Waals surface area contributed by atoms with Gasteiger partial charge in [0.2, 0.25) is 5.91 Å². The summed E-state index contributed by atoms with van der Waals surface area (Å²) in [5, 5.41) is 2.83. The number of ether oxygens (including phenoxy) is 2. The van der Waals surface area contributed by atoms with Crippen LogP contribution in [0.15, 0.2) is 42.5 Å². The van der Waals surface area contributed by atoms with E-state index in [1.807, 2.05) is 42.2 Å². The zero-order valence-electron chi connectivity index (χ0n) is 18.7. The Bertz CT molecular complexity index is 923. The van der Waals surface area contributed by atoms with E-state index in [-0.39, 0.29) is 11.8 Å². The quantitative estimate of drug-likeness (QED) is 0.695. The molecule has 31 heavy (non-hydrogen) atoms. The molecule has 1 aliphatic heterocycles. The zero-order chi connectivity index (χ0) is 22.4. The summed E-state index contributed by atoms with van der Waals surface area (Å²) in [5.41, 5.74) is 2.76. The number of quaternary nitrogens is 1. The summed E-state index contributed by atoms with van der Waals surface area (Å²) in [6.45, 7) is 7.62. The molecule has 0 spiro atoms. The van der Waals surface area contributed by atoms with E-state index in [1.165, 1.54) is 10.5 Å². The van der Waals surface area contributed by atoms with E-state index >= 15 is 0 Å². The van der Waals surface area contributed by atoms with Crippen molar-refractivity contribution in [2.45, 2.75) is 26.4 Å². The summed E-state index contributed by atoms with van der Waals surface area (Å²) in [7, 11) is 3.26. The molecular weight excluding hydrogens is 394 g/mol. The number of hydrogen-bond acceptors (Lipinski definition) is 4. The van der Waals surface area contributed by atoms with Gasteiger partial charge in [0.15, 0.2) is 11.5 Å². The van der Waals surface area contributed by atoms with Crippen molar-refractivity contribution in [2.24, 2.45) is 0 Å². The lowest BCUT2D eigenvalue weighted by Crippen LogP contribution is -3.13. The van der Waals surface area contributed by atoms with Gasteiger partial charge < -0.3 is 24.6 Å². The van der Waals surface area contributed by atoms with Crippen LogP contribution in [0.25, 0.3) is 0 Å². The lowest BCUT2D eigenvalue weighted by atomic mass is 10.1. The fourth-order valence-corrected chi connectivity index (χ4v) is 3.90. The molecule has 1 heterocycles. The topological polar surface area (TPSA) is 72.3 Å². The molecule has 0 aliphatic carbocycles. The molecule has 0 bridgehead atoms. The molecule has 2 N–H and O–H groups in total. The van der Waals surface area contributed by atoms with Crippen LogP contribution < -0.4 is 19.7 Å². The van der Waals surface area contributed by atoms with Gasteiger partial charge in [-0.25, -0.2) is 0 Å². The summed E-state index contributed by atoms with van der Waals surface area (Å²) in [4.78, 5) is 28.5. The SMILES string of the molecule is COc1ccc(C[NH+]2CCN(C(=O)[C@H](C)NC(=O)c3cccc(C)c3)CC2)cc1OC. The number of hydrogen-bond donors (Lipinski definition) is 2. The molecule has 7 heteroatoms. The lowest BCUT2D eigenvalue weighted by Gasteiger charge is -2.33. The minimum atomic E-state index is -0.555. The fraction of sp³-hybridized carbons (Fsp3) is 0.417. The number of rotatable bonds is 7. The van der Waals surface area contributed by atoms with Crippen molar-refractivity contribution in [3.63, 3.8) is 0 Å². The van der Waals surface area contributed by atoms with Crippen LogP contribution in [0.1, 0.15) is 28.4 Å². The molecule has 2 aromatic rings. The van der Waals surface area contributed by atoms with E-state index in [0.29, 0.717) is 18.7 Å². The summed E-state index contributed by atoms with van der Waals surface area (Å²) >= 11 is 0. The number of amides is 2. The first-order valence-electron chi connectivity index (χ1n) is 10.6. The lowest BCUT2D eigenvalue weighted by molar-refractivity contribution is -0.917. The van der Waals surface area contributed by atoms with Gasteiger partial charge in [-0.3, -0.25) is 9.59 Å². The second-order valence-corrected chi connectivity index (χ2v) is 8.01. The Balaban J connectivity index is 1.50. The maximum absolute atomic E-state index is 12.8. The molecule has 0 unspecified atom stereocenters. The summed E-state index contributed by atoms with van der Waals surface area (Å²) in [6, 6.07) is 12.8. The van der Waals surface area contributed by atoms with E-state index in [0.717, 1.165) is 36.7 Å². The first kappa shape index (κ1) is 22.6. The molecular formula is C24H32N3O4+. The predicted octanol–water partition coefficient (Wildman–Crippen LogP) is 1.06. The van der Waals surface area contributed by atoms with Gasteiger partial charge >= 0.3 is 0 Å². The Labute approximate surface area is 183 Å². The predicted molar refractivity (Wildman–Crippen MR) is 119 cm³/mol. The third-order valence-corrected chi connectivity index (χ3v) is 5.68. The molecule has 166 valence electrons. The molecule has 1 saturated heterocycles. The van der Waals surface area contributed by atoms with Crippen LogP contribution in [0.4, 0.5) is 0 Å². The van der Waals surface area contributed by atoms with E-state index in [9.17, 15) is 9.59 Å². The number of piperazine rings is 1. The van der Waals surface area contributed by atoms with Crippen molar-refractivity contribution in [1.29, 1.82) is 0 Å². The van der Waals surface area contributed by atoms with Gasteiger partial charge in [0.05, 0.1) is 40.4 Å². The minimum absolute atomic E-state index is 0.0360. The smallest absolute Gasteiger partial charge is 0.251 e. The number of benzene rings is 2. The van der Waals surface area contributed by atoms with Crippen LogP contribution in [0.2, 0.25) is 0 Å². The standard InChI is InChI=1S/C24H31N3O4/c1-17-6-5-7-20(14-17)23(28)25-18(2)24(29)27-12-10-26(11-13-27)16-19-8-9-21(30-3)22(15-19)31-4/h5-9,14-15,18H,10-13,16H2,1-4H3,(H,25,28)/p+1/t18-/m0/s1. The van der Waals surface area contributed by atoms with Crippen LogP contribution >= 0.6 is 0 Å². The van der Waals surface area contributed by atoms with Gasteiger partial charge in [0.1, 0.15) is 12.6 Å². The van der Waals surface area contributed by atoms with Crippen LogP contribution in [0.5, 0.6) is 11.5 Å². The van der Waals surface area contributed by atoms with E-state index in [4.69, 9.17) is 9.47 Å². The van der Waals surface area contributed by atoms with Crippen LogP contribution in [0, 0.1) is 6.92 Å². The maximum atomic E-state index is 12.8. The summed E-state index contributed by atoms with van der Waals surface area (Å²) in [6.07, 6.45) is 0. The van der Waals surface area contributed by atoms with E-state index in [1.54, 1.807) is 27.2 Å². The minimum Gasteiger partial charge on any atom is -0.493 e. The van der Waals surface area contributed by atoms with Crippen LogP contribution in [0.3, 0.4) is 0 Å². The molecule has 0 aromatic heterocycles. The number of aryl methyl sites for hydroxylation is 1. The van der Waals surface area contributed by atoms with Crippen molar-refractivity contribution in [1.82, 2.24) is 10.2 Å². The van der Waals surface area contributed by atoms with Gasteiger partial charge in [0.25, 0.3) is 5.91 Å². The summed E-state index contributed by atoms with van der Waals surface area (Å²) < 4.78 is 10.7. The molecule has 1 atom stereocenters. The number of nitrogens with zero attached hydrogens (tertiary/aromatic N) is 1. The van der Waals surface area contributed by atoms with E-state index < -0.39 is 6.04 Å². The van der Waals surface area contributed by atoms with Gasteiger partial charge in [-0.15, -0.1) is 0 Å². The molecule has 2 aromatic carbocycles. The van der Waals surface area contributed by atoms with Crippen molar-refractivity contribution in [3.8, 4) is 11.5 Å². The molecule has 1 aliphatic rings. The first-order chi connectivity index (χ1) is 14.9. The van der Waals surface area contributed by atoms with Gasteiger partial charge in [-0.2, -0.15) is 0 Å². The number of methoxy groups -OCH3 is 2. The average molecular weight is 427 g/mol. The van der Waals surface area contributed by atoms with Crippen molar-refractivity contribution < 1.29 is 24.0 Å². The zero-order valence-corrected chi connectivity index (χ0v) is 18.7. The third kappa shape index (κ3) is 5.76. The van der Waals surface area contributed by atoms with Gasteiger partial charge in [-0.1, -0.05) is 17.7 Å². The number of carbonyl (C=O) groups excluding carboxylic acids is 2. The highest BCUT2D eigenvalue weighted by Crippen LogP contribution is 2.27. The second-order valence-electron chi connectivity index (χ2n) is 8.01. The van der Waals surface area contributed by atoms with E-state index in [2.05, 4.69) is 11.4 Å². The van der Waals surface area contributed by atoms with Crippen molar-refractivity contribution >= 4 is 11.8 Å². The molecule has 0 saturated carbocycles. The van der Waals surface area contributed by atoms with Crippen LogP contribution in [-0.4, -0.2) is 63.2 Å². The Morgan fingerprint density at radius 3 is 2.42 bits per heavy atom. The molecule has 1 fully saturated rings. The number of carbonyl (C=O) groups is 2. The highest BCUT2D eigenvalue weighted by Gasteiger charge is 2.28. The highest BCUT2D eigenvalue weighted by molar-refractivity contribution is 5.97. The summed E-state index contributed by atoms with van der Waals surface area (Å²) in [5.74, 6) is 1.19. The molecule has 3 rings (SSSR count). The van der Waals surface area contributed by atoms with Crippen molar-refractivity contribution in [2.75, 3.05) is 40.4 Å². The Hall–Kier alpha value is -3.06. The fourth-order valence-electron chi connectivity index (χ4n) is 3.90. The Kier molecular flexibility index (Phi) is 7.52. The Morgan fingerprint density at radius 1 is 1.06 bits per heavy atom. The average Bonchev–Trinajstić information content (AvgIpc) is 2.79.